The van der Waals surface area contributed by atoms with Crippen LogP contribution in [0.2, 0.25) is 0 Å². The minimum Gasteiger partial charge on any atom is -0.375 e. The molecule has 0 aliphatic heterocycles. The van der Waals surface area contributed by atoms with Gasteiger partial charge in [-0.15, -0.1) is 0 Å². The molecule has 0 aromatic carbocycles. The summed E-state index contributed by atoms with van der Waals surface area (Å²) >= 11 is 0. The van der Waals surface area contributed by atoms with Crippen LogP contribution in [0.5, 0.6) is 0 Å². The number of hydrogen-bond donors (Lipinski definition) is 0. The largest absolute Gasteiger partial charge is 0.375 e. The predicted molar refractivity (Wildman–Crippen MR) is 86.8 cm³/mol. The topological polar surface area (TPSA) is 9.23 Å². The highest BCUT2D eigenvalue weighted by Gasteiger charge is 2.25. The molecule has 0 rings (SSSR count). The number of ether oxygens (including phenoxy) is 1. The third kappa shape index (κ3) is 9.49. The van der Waals surface area contributed by atoms with Gasteiger partial charge in [-0.05, 0) is 25.7 Å². The summed E-state index contributed by atoms with van der Waals surface area (Å²) in [5, 5.41) is 0. The maximum Gasteiger partial charge on any atom is 0.0677 e. The zero-order valence-corrected chi connectivity index (χ0v) is 14.1. The molecule has 0 unspecified atom stereocenters. The van der Waals surface area contributed by atoms with Crippen LogP contribution in [0.3, 0.4) is 0 Å². The van der Waals surface area contributed by atoms with Gasteiger partial charge < -0.3 is 4.74 Å². The Bertz CT molecular complexity index is 173. The Morgan fingerprint density at radius 1 is 0.632 bits per heavy atom. The monoisotopic (exact) mass is 270 g/mol. The third-order valence-electron chi connectivity index (χ3n) is 4.43. The van der Waals surface area contributed by atoms with E-state index in [4.69, 9.17) is 4.74 Å². The second-order valence-electron chi connectivity index (χ2n) is 5.96. The molecule has 116 valence electrons. The molecule has 0 N–H and O–H groups in total. The van der Waals surface area contributed by atoms with Crippen molar-refractivity contribution >= 4 is 0 Å². The highest BCUT2D eigenvalue weighted by Crippen LogP contribution is 2.28. The number of rotatable bonds is 14. The molecular formula is C18H38O. The van der Waals surface area contributed by atoms with Crippen LogP contribution in [-0.2, 0) is 4.74 Å². The van der Waals surface area contributed by atoms with Gasteiger partial charge in [0.05, 0.1) is 5.60 Å². The molecule has 0 spiro atoms. The van der Waals surface area contributed by atoms with Crippen molar-refractivity contribution in [1.82, 2.24) is 0 Å². The zero-order chi connectivity index (χ0) is 14.4. The molecule has 0 aliphatic carbocycles. The Balaban J connectivity index is 3.74. The lowest BCUT2D eigenvalue weighted by atomic mass is 9.90. The molecule has 0 amide bonds. The first-order valence-electron chi connectivity index (χ1n) is 8.88. The van der Waals surface area contributed by atoms with Crippen molar-refractivity contribution in [3.63, 3.8) is 0 Å². The van der Waals surface area contributed by atoms with Gasteiger partial charge >= 0.3 is 0 Å². The van der Waals surface area contributed by atoms with E-state index in [1.165, 1.54) is 77.0 Å². The van der Waals surface area contributed by atoms with Gasteiger partial charge in [-0.25, -0.2) is 0 Å². The maximum absolute atomic E-state index is 6.21. The Morgan fingerprint density at radius 3 is 1.68 bits per heavy atom. The summed E-state index contributed by atoms with van der Waals surface area (Å²) in [4.78, 5) is 0. The van der Waals surface area contributed by atoms with Crippen molar-refractivity contribution in [2.24, 2.45) is 0 Å². The minimum atomic E-state index is 0.179. The molecule has 0 heterocycles. The van der Waals surface area contributed by atoms with Crippen molar-refractivity contribution < 1.29 is 4.74 Å². The van der Waals surface area contributed by atoms with Crippen LogP contribution in [0.4, 0.5) is 0 Å². The number of unbranched alkanes of at least 4 members (excludes halogenated alkanes) is 7. The summed E-state index contributed by atoms with van der Waals surface area (Å²) in [5.41, 5.74) is 0.179. The summed E-state index contributed by atoms with van der Waals surface area (Å²) in [6.45, 7) is 10.0. The van der Waals surface area contributed by atoms with Crippen molar-refractivity contribution in [1.29, 1.82) is 0 Å². The van der Waals surface area contributed by atoms with Crippen LogP contribution in [0.25, 0.3) is 0 Å². The van der Waals surface area contributed by atoms with E-state index in [2.05, 4.69) is 27.7 Å². The Morgan fingerprint density at radius 2 is 1.16 bits per heavy atom. The smallest absolute Gasteiger partial charge is 0.0677 e. The lowest BCUT2D eigenvalue weighted by Gasteiger charge is -2.32. The third-order valence-corrected chi connectivity index (χ3v) is 4.43. The second-order valence-corrected chi connectivity index (χ2v) is 5.96. The summed E-state index contributed by atoms with van der Waals surface area (Å²) in [7, 11) is 0. The average molecular weight is 271 g/mol. The Hall–Kier alpha value is -0.0400. The van der Waals surface area contributed by atoms with Crippen LogP contribution in [0, 0.1) is 0 Å². The fourth-order valence-electron chi connectivity index (χ4n) is 2.72. The average Bonchev–Trinajstić information content (AvgIpc) is 2.45. The highest BCUT2D eigenvalue weighted by molar-refractivity contribution is 4.77. The van der Waals surface area contributed by atoms with E-state index in [0.717, 1.165) is 6.61 Å². The van der Waals surface area contributed by atoms with Gasteiger partial charge in [-0.3, -0.25) is 0 Å². The lowest BCUT2D eigenvalue weighted by molar-refractivity contribution is -0.0598. The molecule has 0 saturated carbocycles. The van der Waals surface area contributed by atoms with Crippen LogP contribution in [-0.4, -0.2) is 12.2 Å². The van der Waals surface area contributed by atoms with Gasteiger partial charge in [0, 0.05) is 6.61 Å². The Labute approximate surface area is 122 Å². The predicted octanol–water partition coefficient (Wildman–Crippen LogP) is 6.50. The van der Waals surface area contributed by atoms with Crippen LogP contribution in [0.1, 0.15) is 105 Å². The SMILES string of the molecule is CCCCCCCCCC(CC)(CC)OCCCC. The van der Waals surface area contributed by atoms with Gasteiger partial charge in [-0.1, -0.05) is 79.1 Å². The first-order chi connectivity index (χ1) is 9.24. The zero-order valence-electron chi connectivity index (χ0n) is 14.1. The van der Waals surface area contributed by atoms with Gasteiger partial charge in [-0.2, -0.15) is 0 Å². The molecule has 1 heteroatoms. The lowest BCUT2D eigenvalue weighted by Crippen LogP contribution is -2.31. The minimum absolute atomic E-state index is 0.179. The quantitative estimate of drug-likeness (QED) is 0.327. The standard InChI is InChI=1S/C18H38O/c1-5-9-11-12-13-14-15-16-18(7-3,8-4)19-17-10-6-2/h5-17H2,1-4H3. The molecular weight excluding hydrogens is 232 g/mol. The van der Waals surface area contributed by atoms with E-state index in [9.17, 15) is 0 Å². The fraction of sp³-hybridized carbons (Fsp3) is 1.00. The molecule has 0 saturated heterocycles. The summed E-state index contributed by atoms with van der Waals surface area (Å²) in [5.74, 6) is 0. The van der Waals surface area contributed by atoms with Crippen LogP contribution in [0.15, 0.2) is 0 Å². The summed E-state index contributed by atoms with van der Waals surface area (Å²) in [6, 6.07) is 0. The van der Waals surface area contributed by atoms with E-state index in [1.807, 2.05) is 0 Å². The van der Waals surface area contributed by atoms with Gasteiger partial charge in [0.2, 0.25) is 0 Å². The normalized spacial score (nSPS) is 12.0. The van der Waals surface area contributed by atoms with E-state index in [-0.39, 0.29) is 5.60 Å². The van der Waals surface area contributed by atoms with Gasteiger partial charge in [0.25, 0.3) is 0 Å². The van der Waals surface area contributed by atoms with Crippen LogP contribution < -0.4 is 0 Å². The first kappa shape index (κ1) is 19.0. The molecule has 0 aromatic rings. The van der Waals surface area contributed by atoms with E-state index in [0.29, 0.717) is 0 Å². The maximum atomic E-state index is 6.21. The van der Waals surface area contributed by atoms with Crippen molar-refractivity contribution in [3.05, 3.63) is 0 Å². The molecule has 0 bridgehead atoms. The summed E-state index contributed by atoms with van der Waals surface area (Å²) < 4.78 is 6.21. The molecule has 19 heavy (non-hydrogen) atoms. The van der Waals surface area contributed by atoms with Crippen LogP contribution >= 0.6 is 0 Å². The highest BCUT2D eigenvalue weighted by atomic mass is 16.5. The molecule has 0 atom stereocenters. The molecule has 0 aliphatic rings. The van der Waals surface area contributed by atoms with Crippen molar-refractivity contribution in [2.75, 3.05) is 6.61 Å². The van der Waals surface area contributed by atoms with Crippen molar-refractivity contribution in [2.45, 2.75) is 110 Å². The van der Waals surface area contributed by atoms with E-state index in [1.54, 1.807) is 0 Å². The number of hydrogen-bond acceptors (Lipinski definition) is 1. The molecule has 1 nitrogen and oxygen atoms in total. The fourth-order valence-corrected chi connectivity index (χ4v) is 2.72. The van der Waals surface area contributed by atoms with E-state index >= 15 is 0 Å². The Kier molecular flexibility index (Phi) is 12.9. The van der Waals surface area contributed by atoms with Gasteiger partial charge in [0.1, 0.15) is 0 Å². The first-order valence-corrected chi connectivity index (χ1v) is 8.88. The molecule has 0 radical (unpaired) electrons. The second kappa shape index (κ2) is 13.0. The van der Waals surface area contributed by atoms with E-state index < -0.39 is 0 Å². The van der Waals surface area contributed by atoms with Crippen molar-refractivity contribution in [3.8, 4) is 0 Å². The molecule has 0 fully saturated rings. The van der Waals surface area contributed by atoms with Gasteiger partial charge in [0.15, 0.2) is 0 Å². The molecule has 0 aromatic heterocycles. The summed E-state index contributed by atoms with van der Waals surface area (Å²) in [6.07, 6.45) is 15.8.